The molecule has 1 aliphatic rings. The molecule has 0 aliphatic heterocycles. The van der Waals surface area contributed by atoms with Crippen LogP contribution < -0.4 is 4.72 Å². The van der Waals surface area contributed by atoms with Gasteiger partial charge in [-0.15, -0.1) is 0 Å². The van der Waals surface area contributed by atoms with Crippen molar-refractivity contribution in [1.82, 2.24) is 4.72 Å². The number of nitrogens with one attached hydrogen (secondary N) is 1. The van der Waals surface area contributed by atoms with Crippen molar-refractivity contribution < 1.29 is 12.8 Å². The van der Waals surface area contributed by atoms with Crippen molar-refractivity contribution in [3.05, 3.63) is 40.1 Å². The summed E-state index contributed by atoms with van der Waals surface area (Å²) in [4.78, 5) is -0.307. The predicted octanol–water partition coefficient (Wildman–Crippen LogP) is 3.76. The molecule has 0 atom stereocenters. The molecule has 0 saturated heterocycles. The lowest BCUT2D eigenvalue weighted by Gasteiger charge is -2.13. The fourth-order valence-electron chi connectivity index (χ4n) is 2.25. The van der Waals surface area contributed by atoms with Gasteiger partial charge in [-0.3, -0.25) is 0 Å². The normalized spacial score (nSPS) is 16.0. The van der Waals surface area contributed by atoms with Crippen molar-refractivity contribution in [2.45, 2.75) is 37.0 Å². The monoisotopic (exact) mass is 361 g/mol. The number of halogens is 2. The van der Waals surface area contributed by atoms with Crippen LogP contribution in [0.15, 0.2) is 39.2 Å². The van der Waals surface area contributed by atoms with Crippen molar-refractivity contribution in [3.8, 4) is 0 Å². The molecule has 0 radical (unpaired) electrons. The Bertz CT molecular complexity index is 614. The summed E-state index contributed by atoms with van der Waals surface area (Å²) in [5, 5.41) is 0. The molecule has 1 aliphatic carbocycles. The second-order valence-electron chi connectivity index (χ2n) is 4.83. The maximum atomic E-state index is 13.7. The summed E-state index contributed by atoms with van der Waals surface area (Å²) in [5.41, 5.74) is 1.29. The minimum atomic E-state index is -3.78. The summed E-state index contributed by atoms with van der Waals surface area (Å²) in [7, 11) is -3.78. The molecule has 110 valence electrons. The highest BCUT2D eigenvalue weighted by molar-refractivity contribution is 9.10. The van der Waals surface area contributed by atoms with Gasteiger partial charge in [0.2, 0.25) is 10.0 Å². The van der Waals surface area contributed by atoms with Gasteiger partial charge in [-0.1, -0.05) is 27.6 Å². The summed E-state index contributed by atoms with van der Waals surface area (Å²) in [5.74, 6) is -0.747. The second kappa shape index (κ2) is 6.83. The summed E-state index contributed by atoms with van der Waals surface area (Å²) in [6, 6.07) is 3.93. The van der Waals surface area contributed by atoms with E-state index in [2.05, 4.69) is 26.7 Å². The van der Waals surface area contributed by atoms with E-state index in [1.165, 1.54) is 30.5 Å². The average Bonchev–Trinajstić information content (AvgIpc) is 2.39. The summed E-state index contributed by atoms with van der Waals surface area (Å²) in [6.07, 6.45) is 7.35. The van der Waals surface area contributed by atoms with Gasteiger partial charge in [-0.2, -0.15) is 0 Å². The lowest BCUT2D eigenvalue weighted by atomic mass is 9.97. The summed E-state index contributed by atoms with van der Waals surface area (Å²) >= 11 is 3.11. The van der Waals surface area contributed by atoms with Crippen molar-refractivity contribution in [2.75, 3.05) is 6.54 Å². The average molecular weight is 362 g/mol. The highest BCUT2D eigenvalue weighted by Gasteiger charge is 2.18. The molecule has 3 nitrogen and oxygen atoms in total. The van der Waals surface area contributed by atoms with E-state index in [9.17, 15) is 12.8 Å². The van der Waals surface area contributed by atoms with Gasteiger partial charge in [-0.25, -0.2) is 17.5 Å². The molecule has 0 aromatic heterocycles. The minimum absolute atomic E-state index is 0.307. The largest absolute Gasteiger partial charge is 0.243 e. The first kappa shape index (κ1) is 15.7. The molecule has 0 amide bonds. The van der Waals surface area contributed by atoms with E-state index in [0.717, 1.165) is 18.9 Å². The van der Waals surface area contributed by atoms with Crippen molar-refractivity contribution in [2.24, 2.45) is 0 Å². The van der Waals surface area contributed by atoms with Gasteiger partial charge in [0.05, 0.1) is 0 Å². The Morgan fingerprint density at radius 3 is 2.75 bits per heavy atom. The molecule has 1 aromatic carbocycles. The molecule has 0 heterocycles. The predicted molar refractivity (Wildman–Crippen MR) is 80.5 cm³/mol. The minimum Gasteiger partial charge on any atom is -0.211 e. The smallest absolute Gasteiger partial charge is 0.211 e. The van der Waals surface area contributed by atoms with Gasteiger partial charge in [0.25, 0.3) is 0 Å². The second-order valence-corrected chi connectivity index (χ2v) is 7.48. The molecular weight excluding hydrogens is 345 g/mol. The van der Waals surface area contributed by atoms with Crippen molar-refractivity contribution in [3.63, 3.8) is 0 Å². The van der Waals surface area contributed by atoms with Crippen LogP contribution in [0.2, 0.25) is 0 Å². The van der Waals surface area contributed by atoms with E-state index in [1.807, 2.05) is 0 Å². The third kappa shape index (κ3) is 4.14. The van der Waals surface area contributed by atoms with E-state index >= 15 is 0 Å². The Balaban J connectivity index is 1.98. The molecule has 0 bridgehead atoms. The lowest BCUT2D eigenvalue weighted by Crippen LogP contribution is -2.26. The van der Waals surface area contributed by atoms with Crippen LogP contribution in [0.4, 0.5) is 4.39 Å². The first-order chi connectivity index (χ1) is 9.49. The topological polar surface area (TPSA) is 46.2 Å². The van der Waals surface area contributed by atoms with E-state index in [-0.39, 0.29) is 4.90 Å². The lowest BCUT2D eigenvalue weighted by molar-refractivity contribution is 0.555. The molecule has 0 spiro atoms. The van der Waals surface area contributed by atoms with Gasteiger partial charge >= 0.3 is 0 Å². The van der Waals surface area contributed by atoms with E-state index in [1.54, 1.807) is 0 Å². The Morgan fingerprint density at radius 2 is 2.10 bits per heavy atom. The maximum absolute atomic E-state index is 13.7. The van der Waals surface area contributed by atoms with Crippen LogP contribution in [0, 0.1) is 5.82 Å². The standard InChI is InChI=1S/C14H17BrFNO2S/c15-12-6-7-14(13(16)10-12)20(18,19)17-9-8-11-4-2-1-3-5-11/h4,6-7,10,17H,1-3,5,8-9H2. The zero-order valence-corrected chi connectivity index (χ0v) is 13.4. The summed E-state index contributed by atoms with van der Waals surface area (Å²) in [6.45, 7) is 0.309. The fourth-order valence-corrected chi connectivity index (χ4v) is 3.67. The number of benzene rings is 1. The van der Waals surface area contributed by atoms with E-state index < -0.39 is 15.8 Å². The highest BCUT2D eigenvalue weighted by Crippen LogP contribution is 2.21. The number of allylic oxidation sites excluding steroid dienone is 1. The Labute approximate surface area is 127 Å². The molecule has 1 aromatic rings. The van der Waals surface area contributed by atoms with Gasteiger partial charge in [-0.05, 0) is 50.3 Å². The first-order valence-corrected chi connectivity index (χ1v) is 8.89. The highest BCUT2D eigenvalue weighted by atomic mass is 79.9. The van der Waals surface area contributed by atoms with Crippen LogP contribution in [0.1, 0.15) is 32.1 Å². The Hall–Kier alpha value is -0.720. The number of rotatable bonds is 5. The fraction of sp³-hybridized carbons (Fsp3) is 0.429. The van der Waals surface area contributed by atoms with Crippen LogP contribution >= 0.6 is 15.9 Å². The molecule has 0 saturated carbocycles. The number of sulfonamides is 1. The van der Waals surface area contributed by atoms with E-state index in [4.69, 9.17) is 0 Å². The maximum Gasteiger partial charge on any atom is 0.243 e. The molecular formula is C14H17BrFNO2S. The van der Waals surface area contributed by atoms with Crippen molar-refractivity contribution in [1.29, 1.82) is 0 Å². The third-order valence-corrected chi connectivity index (χ3v) is 5.29. The number of hydrogen-bond donors (Lipinski definition) is 1. The summed E-state index contributed by atoms with van der Waals surface area (Å²) < 4.78 is 40.7. The van der Waals surface area contributed by atoms with E-state index in [0.29, 0.717) is 17.4 Å². The molecule has 20 heavy (non-hydrogen) atoms. The third-order valence-electron chi connectivity index (χ3n) is 3.31. The van der Waals surface area contributed by atoms with Crippen LogP contribution in [-0.4, -0.2) is 15.0 Å². The van der Waals surface area contributed by atoms with Crippen LogP contribution in [0.5, 0.6) is 0 Å². The molecule has 2 rings (SSSR count). The van der Waals surface area contributed by atoms with Crippen LogP contribution in [0.3, 0.4) is 0 Å². The Morgan fingerprint density at radius 1 is 1.30 bits per heavy atom. The molecule has 0 unspecified atom stereocenters. The van der Waals surface area contributed by atoms with Crippen molar-refractivity contribution >= 4 is 26.0 Å². The van der Waals surface area contributed by atoms with Crippen LogP contribution in [-0.2, 0) is 10.0 Å². The van der Waals surface area contributed by atoms with Gasteiger partial charge in [0.1, 0.15) is 10.7 Å². The van der Waals surface area contributed by atoms with Gasteiger partial charge in [0, 0.05) is 11.0 Å². The Kier molecular flexibility index (Phi) is 5.35. The van der Waals surface area contributed by atoms with Crippen LogP contribution in [0.25, 0.3) is 0 Å². The van der Waals surface area contributed by atoms with Gasteiger partial charge < -0.3 is 0 Å². The number of hydrogen-bond acceptors (Lipinski definition) is 2. The zero-order chi connectivity index (χ0) is 14.6. The first-order valence-electron chi connectivity index (χ1n) is 6.62. The van der Waals surface area contributed by atoms with Gasteiger partial charge in [0.15, 0.2) is 0 Å². The zero-order valence-electron chi connectivity index (χ0n) is 11.0. The molecule has 6 heteroatoms. The SMILES string of the molecule is O=S(=O)(NCCC1=CCCCC1)c1ccc(Br)cc1F. The molecule has 1 N–H and O–H groups in total. The molecule has 0 fully saturated rings. The quantitative estimate of drug-likeness (QED) is 0.811.